The molecule has 120 valence electrons. The second-order valence-electron chi connectivity index (χ2n) is 5.41. The maximum Gasteiger partial charge on any atom is 0.154 e. The molecule has 0 radical (unpaired) electrons. The van der Waals surface area contributed by atoms with Crippen molar-refractivity contribution in [2.45, 2.75) is 0 Å². The summed E-state index contributed by atoms with van der Waals surface area (Å²) in [5.41, 5.74) is 3.07. The van der Waals surface area contributed by atoms with Gasteiger partial charge in [0.15, 0.2) is 5.76 Å². The Bertz CT molecular complexity index is 1120. The fourth-order valence-electron chi connectivity index (χ4n) is 2.51. The average molecular weight is 407 g/mol. The summed E-state index contributed by atoms with van der Waals surface area (Å²) in [5.74, 6) is 0.701. The summed E-state index contributed by atoms with van der Waals surface area (Å²) in [6, 6.07) is 19.8. The fraction of sp³-hybridized carbons (Fsp3) is 0. The van der Waals surface area contributed by atoms with Gasteiger partial charge < -0.3 is 4.42 Å². The van der Waals surface area contributed by atoms with Gasteiger partial charge in [-0.3, -0.25) is 0 Å². The first-order chi connectivity index (χ1) is 12.2. The minimum atomic E-state index is 0.543. The van der Waals surface area contributed by atoms with Crippen molar-refractivity contribution in [3.05, 3.63) is 75.0 Å². The van der Waals surface area contributed by atoms with Crippen LogP contribution in [0.15, 0.2) is 68.9 Å². The van der Waals surface area contributed by atoms with Crippen molar-refractivity contribution < 1.29 is 4.42 Å². The third kappa shape index (κ3) is 3.27. The summed E-state index contributed by atoms with van der Waals surface area (Å²) < 4.78 is 6.88. The van der Waals surface area contributed by atoms with E-state index in [1.54, 1.807) is 0 Å². The lowest BCUT2D eigenvalue weighted by molar-refractivity contribution is 0.629. The smallest absolute Gasteiger partial charge is 0.154 e. The molecular weight excluding hydrogens is 396 g/mol. The molecule has 4 rings (SSSR count). The van der Waals surface area contributed by atoms with Gasteiger partial charge in [0.2, 0.25) is 0 Å². The quantitative estimate of drug-likeness (QED) is 0.370. The molecule has 0 fully saturated rings. The average Bonchev–Trinajstić information content (AvgIpc) is 3.27. The van der Waals surface area contributed by atoms with E-state index in [-0.39, 0.29) is 0 Å². The summed E-state index contributed by atoms with van der Waals surface area (Å²) in [6.07, 6.45) is 1.85. The van der Waals surface area contributed by atoms with Crippen molar-refractivity contribution in [1.29, 1.82) is 5.26 Å². The Morgan fingerprint density at radius 2 is 2.00 bits per heavy atom. The van der Waals surface area contributed by atoms with Crippen LogP contribution in [0.1, 0.15) is 10.6 Å². The van der Waals surface area contributed by atoms with Crippen LogP contribution in [-0.2, 0) is 0 Å². The molecule has 0 atom stereocenters. The van der Waals surface area contributed by atoms with E-state index in [9.17, 15) is 5.26 Å². The highest BCUT2D eigenvalue weighted by atomic mass is 79.9. The van der Waals surface area contributed by atoms with Crippen molar-refractivity contribution >= 4 is 49.9 Å². The van der Waals surface area contributed by atoms with Crippen molar-refractivity contribution in [2.24, 2.45) is 0 Å². The number of thiazole rings is 1. The highest BCUT2D eigenvalue weighted by Crippen LogP contribution is 2.32. The third-order valence-corrected chi connectivity index (χ3v) is 5.07. The summed E-state index contributed by atoms with van der Waals surface area (Å²) in [7, 11) is 0. The van der Waals surface area contributed by atoms with Crippen LogP contribution in [0.5, 0.6) is 0 Å². The summed E-state index contributed by atoms with van der Waals surface area (Å²) in [4.78, 5) is 4.59. The maximum atomic E-state index is 9.49. The van der Waals surface area contributed by atoms with Crippen LogP contribution in [0.2, 0.25) is 0 Å². The van der Waals surface area contributed by atoms with Gasteiger partial charge >= 0.3 is 0 Å². The van der Waals surface area contributed by atoms with Crippen LogP contribution in [0.25, 0.3) is 34.1 Å². The van der Waals surface area contributed by atoms with E-state index >= 15 is 0 Å². The largest absolute Gasteiger partial charge is 0.454 e. The Morgan fingerprint density at radius 1 is 1.16 bits per heavy atom. The number of rotatable bonds is 3. The first-order valence-electron chi connectivity index (χ1n) is 7.55. The highest BCUT2D eigenvalue weighted by Gasteiger charge is 2.13. The molecule has 0 bridgehead atoms. The van der Waals surface area contributed by atoms with Crippen LogP contribution in [-0.4, -0.2) is 4.98 Å². The number of allylic oxidation sites excluding steroid dienone is 1. The zero-order valence-electron chi connectivity index (χ0n) is 12.9. The highest BCUT2D eigenvalue weighted by molar-refractivity contribution is 9.10. The normalized spacial score (nSPS) is 11.6. The molecule has 0 aliphatic carbocycles. The number of halogens is 1. The molecule has 0 aliphatic heterocycles. The number of furan rings is 1. The number of hydrogen-bond acceptors (Lipinski definition) is 4. The molecule has 2 aromatic carbocycles. The Kier molecular flexibility index (Phi) is 4.22. The van der Waals surface area contributed by atoms with E-state index in [1.807, 2.05) is 66.1 Å². The van der Waals surface area contributed by atoms with Gasteiger partial charge in [0.25, 0.3) is 0 Å². The lowest BCUT2D eigenvalue weighted by Crippen LogP contribution is -1.81. The van der Waals surface area contributed by atoms with Crippen LogP contribution in [0, 0.1) is 11.3 Å². The minimum absolute atomic E-state index is 0.543. The molecule has 5 heteroatoms. The number of hydrogen-bond donors (Lipinski definition) is 0. The molecule has 0 saturated heterocycles. The molecule has 0 spiro atoms. The van der Waals surface area contributed by atoms with Crippen molar-refractivity contribution in [2.75, 3.05) is 0 Å². The molecule has 25 heavy (non-hydrogen) atoms. The fourth-order valence-corrected chi connectivity index (χ4v) is 3.66. The predicted molar refractivity (Wildman–Crippen MR) is 105 cm³/mol. The van der Waals surface area contributed by atoms with Gasteiger partial charge in [-0.15, -0.1) is 11.3 Å². The predicted octanol–water partition coefficient (Wildman–Crippen LogP) is 6.38. The summed E-state index contributed by atoms with van der Waals surface area (Å²) in [6.45, 7) is 0. The van der Waals surface area contributed by atoms with Crippen LogP contribution in [0.3, 0.4) is 0 Å². The Morgan fingerprint density at radius 3 is 2.80 bits per heavy atom. The Hall–Kier alpha value is -2.68. The minimum Gasteiger partial charge on any atom is -0.454 e. The molecular formula is C20H11BrN2OS. The van der Waals surface area contributed by atoms with E-state index in [0.717, 1.165) is 26.7 Å². The zero-order chi connectivity index (χ0) is 17.2. The molecule has 0 N–H and O–H groups in total. The molecule has 0 aliphatic rings. The Balaban J connectivity index is 1.71. The molecule has 2 heterocycles. The molecule has 0 unspecified atom stereocenters. The topological polar surface area (TPSA) is 49.8 Å². The first kappa shape index (κ1) is 15.8. The van der Waals surface area contributed by atoms with Crippen molar-refractivity contribution in [1.82, 2.24) is 4.98 Å². The lowest BCUT2D eigenvalue weighted by Gasteiger charge is -1.94. The van der Waals surface area contributed by atoms with Crippen LogP contribution in [0.4, 0.5) is 0 Å². The number of nitrogens with zero attached hydrogens (tertiary/aromatic N) is 2. The van der Waals surface area contributed by atoms with E-state index in [2.05, 4.69) is 27.0 Å². The molecule has 4 aromatic rings. The summed E-state index contributed by atoms with van der Waals surface area (Å²) in [5, 5.41) is 13.1. The van der Waals surface area contributed by atoms with Crippen molar-refractivity contribution in [3.8, 4) is 17.5 Å². The molecule has 0 saturated carbocycles. The standard InChI is InChI=1S/C20H11BrN2OS/c21-16-6-7-18-14(9-16)10-19(24-18)17-12-25-20(23-17)15(11-22)8-13-4-2-1-3-5-13/h1-10,12H/b15-8+. The third-order valence-electron chi connectivity index (χ3n) is 3.70. The van der Waals surface area contributed by atoms with E-state index in [4.69, 9.17) is 4.42 Å². The monoisotopic (exact) mass is 406 g/mol. The number of benzene rings is 2. The van der Waals surface area contributed by atoms with Gasteiger partial charge in [-0.1, -0.05) is 46.3 Å². The van der Waals surface area contributed by atoms with Gasteiger partial charge in [0.1, 0.15) is 22.4 Å². The van der Waals surface area contributed by atoms with Crippen molar-refractivity contribution in [3.63, 3.8) is 0 Å². The number of nitriles is 1. The number of aromatic nitrogens is 1. The number of fused-ring (bicyclic) bond motifs is 1. The second-order valence-corrected chi connectivity index (χ2v) is 7.18. The van der Waals surface area contributed by atoms with Crippen LogP contribution < -0.4 is 0 Å². The van der Waals surface area contributed by atoms with E-state index in [1.165, 1.54) is 11.3 Å². The second kappa shape index (κ2) is 6.67. The van der Waals surface area contributed by atoms with Gasteiger partial charge in [0, 0.05) is 15.2 Å². The van der Waals surface area contributed by atoms with Gasteiger partial charge in [0.05, 0.1) is 5.57 Å². The van der Waals surface area contributed by atoms with E-state index < -0.39 is 0 Å². The van der Waals surface area contributed by atoms with Gasteiger partial charge in [-0.2, -0.15) is 5.26 Å². The van der Waals surface area contributed by atoms with Gasteiger partial charge in [-0.25, -0.2) is 4.98 Å². The summed E-state index contributed by atoms with van der Waals surface area (Å²) >= 11 is 4.90. The SMILES string of the molecule is N#C/C(=C\c1ccccc1)c1nc(-c2cc3cc(Br)ccc3o2)cs1. The van der Waals surface area contributed by atoms with Crippen LogP contribution >= 0.6 is 27.3 Å². The molecule has 2 aromatic heterocycles. The lowest BCUT2D eigenvalue weighted by atomic mass is 10.1. The van der Waals surface area contributed by atoms with Gasteiger partial charge in [-0.05, 0) is 35.9 Å². The Labute approximate surface area is 157 Å². The van der Waals surface area contributed by atoms with E-state index in [0.29, 0.717) is 16.3 Å². The maximum absolute atomic E-state index is 9.49. The first-order valence-corrected chi connectivity index (χ1v) is 9.22. The molecule has 3 nitrogen and oxygen atoms in total. The zero-order valence-corrected chi connectivity index (χ0v) is 15.3. The molecule has 0 amide bonds.